The van der Waals surface area contributed by atoms with Crippen molar-refractivity contribution in [3.8, 4) is 0 Å². The first-order valence-electron chi connectivity index (χ1n) is 4.59. The monoisotopic (exact) mass is 328 g/mol. The van der Waals surface area contributed by atoms with E-state index >= 15 is 0 Å². The van der Waals surface area contributed by atoms with Crippen LogP contribution in [0.5, 0.6) is 0 Å². The fourth-order valence-electron chi connectivity index (χ4n) is 1.53. The second-order valence-electron chi connectivity index (χ2n) is 3.36. The molecular weight excluding hydrogens is 328 g/mol. The first-order valence-corrected chi connectivity index (χ1v) is 5.38. The smallest absolute Gasteiger partial charge is 0.326 e. The maximum atomic E-state index is 11.5. The molecule has 96 valence electrons. The van der Waals surface area contributed by atoms with Crippen LogP contribution in [0, 0.1) is 20.8 Å². The van der Waals surface area contributed by atoms with Crippen LogP contribution in [0.1, 0.15) is 0 Å². The molecule has 0 aliphatic heterocycles. The van der Waals surface area contributed by atoms with Crippen LogP contribution in [-0.4, -0.2) is 20.6 Å². The molecule has 0 fully saturated rings. The minimum Gasteiger partial charge on any atom is -0.590 e. The third-order valence-electron chi connectivity index (χ3n) is 2.27. The summed E-state index contributed by atoms with van der Waals surface area (Å²) in [6, 6.07) is 1.08. The van der Waals surface area contributed by atoms with Crippen LogP contribution < -0.4 is 19.6 Å². The van der Waals surface area contributed by atoms with Gasteiger partial charge in [0.25, 0.3) is 11.0 Å². The molecule has 2 heterocycles. The quantitative estimate of drug-likeness (QED) is 0.238. The second-order valence-corrected chi connectivity index (χ2v) is 4.15. The van der Waals surface area contributed by atoms with Gasteiger partial charge in [0.2, 0.25) is 11.0 Å². The van der Waals surface area contributed by atoms with Crippen LogP contribution in [0.25, 0.3) is 22.1 Å². The summed E-state index contributed by atoms with van der Waals surface area (Å²) in [5.41, 5.74) is -0.482. The average molecular weight is 329 g/mol. The first-order chi connectivity index (χ1) is 8.97. The van der Waals surface area contributed by atoms with E-state index in [4.69, 9.17) is 0 Å². The summed E-state index contributed by atoms with van der Waals surface area (Å²) in [6.07, 6.45) is 0. The van der Waals surface area contributed by atoms with Gasteiger partial charge in [0.15, 0.2) is 0 Å². The second kappa shape index (κ2) is 3.64. The van der Waals surface area contributed by atoms with E-state index in [9.17, 15) is 20.8 Å². The lowest BCUT2D eigenvalue weighted by atomic mass is 10.2. The highest BCUT2D eigenvalue weighted by Crippen LogP contribution is 2.25. The molecule has 1 aromatic carbocycles. The van der Waals surface area contributed by atoms with Crippen molar-refractivity contribution in [1.29, 1.82) is 0 Å². The normalized spacial score (nSPS) is 11.2. The van der Waals surface area contributed by atoms with E-state index < -0.39 is 0 Å². The molecule has 13 heteroatoms. The zero-order valence-corrected chi connectivity index (χ0v) is 10.3. The van der Waals surface area contributed by atoms with E-state index in [-0.39, 0.29) is 46.1 Å². The summed E-state index contributed by atoms with van der Waals surface area (Å²) in [6.45, 7) is 0. The molecule has 0 atom stereocenters. The van der Waals surface area contributed by atoms with E-state index in [1.807, 2.05) is 0 Å². The highest BCUT2D eigenvalue weighted by atomic mass is 79.9. The number of nitrogens with zero attached hydrogens (tertiary/aromatic N) is 8. The van der Waals surface area contributed by atoms with Crippen molar-refractivity contribution in [2.24, 2.45) is 0 Å². The molecule has 0 amide bonds. The van der Waals surface area contributed by atoms with Crippen molar-refractivity contribution in [3.05, 3.63) is 31.4 Å². The van der Waals surface area contributed by atoms with Gasteiger partial charge in [0.05, 0.1) is 20.7 Å². The number of hydrogen-bond donors (Lipinski definition) is 0. The number of benzene rings is 1. The molecule has 3 aromatic rings. The minimum absolute atomic E-state index is 0.00220. The fourth-order valence-corrected chi connectivity index (χ4v) is 2.10. The maximum absolute atomic E-state index is 11.5. The Labute approximate surface area is 110 Å². The zero-order valence-electron chi connectivity index (χ0n) is 8.67. The number of aromatic nitrogens is 8. The highest BCUT2D eigenvalue weighted by Gasteiger charge is 2.26. The molecule has 0 bridgehead atoms. The number of fused-ring (bicyclic) bond motifs is 2. The molecule has 19 heavy (non-hydrogen) atoms. The molecule has 0 spiro atoms. The van der Waals surface area contributed by atoms with Gasteiger partial charge in [-0.1, -0.05) is 0 Å². The lowest BCUT2D eigenvalue weighted by Gasteiger charge is -2.00. The van der Waals surface area contributed by atoms with E-state index in [2.05, 4.69) is 36.6 Å². The van der Waals surface area contributed by atoms with Crippen LogP contribution in [0.3, 0.4) is 0 Å². The predicted octanol–water partition coefficient (Wildman–Crippen LogP) is -3.13. The predicted molar refractivity (Wildman–Crippen MR) is 56.2 cm³/mol. The first kappa shape index (κ1) is 11.4. The maximum Gasteiger partial charge on any atom is 0.326 e. The Kier molecular flexibility index (Phi) is 2.19. The van der Waals surface area contributed by atoms with Gasteiger partial charge >= 0.3 is 10.4 Å². The Bertz CT molecular complexity index is 775. The van der Waals surface area contributed by atoms with Crippen molar-refractivity contribution < 1.29 is 19.6 Å². The molecule has 0 radical (unpaired) electrons. The van der Waals surface area contributed by atoms with Gasteiger partial charge in [-0.2, -0.15) is 0 Å². The average Bonchev–Trinajstić information content (AvgIpc) is 2.32. The van der Waals surface area contributed by atoms with E-state index in [0.717, 1.165) is 6.07 Å². The summed E-state index contributed by atoms with van der Waals surface area (Å²) >= 11 is 3.03. The van der Waals surface area contributed by atoms with Crippen LogP contribution in [0.15, 0.2) is 10.5 Å². The number of rotatable bonds is 0. The van der Waals surface area contributed by atoms with E-state index in [0.29, 0.717) is 0 Å². The van der Waals surface area contributed by atoms with Crippen LogP contribution >= 0.6 is 15.9 Å². The third-order valence-corrected chi connectivity index (χ3v) is 3.02. The highest BCUT2D eigenvalue weighted by molar-refractivity contribution is 9.10. The number of hydrogen-bond acceptors (Lipinski definition) is 8. The summed E-state index contributed by atoms with van der Waals surface area (Å²) < 4.78 is 0.0354. The SMILES string of the molecule is [O-][n+]1nc2c(Br)c3n[n+]([O-])n[n+]([O-])c3cc2[n+]([O-])n1. The Hall–Kier alpha value is -2.70. The minimum atomic E-state index is -0.191. The van der Waals surface area contributed by atoms with Gasteiger partial charge < -0.3 is 20.8 Å². The Balaban J connectivity index is 2.60. The van der Waals surface area contributed by atoms with Crippen molar-refractivity contribution >= 4 is 38.0 Å². The molecule has 0 aliphatic rings. The molecular formula is C6HBrN8O4. The summed E-state index contributed by atoms with van der Waals surface area (Å²) in [5.74, 6) is 0. The van der Waals surface area contributed by atoms with Gasteiger partial charge in [-0.05, 0) is 15.9 Å². The topological polar surface area (TPSA) is 159 Å². The lowest BCUT2D eigenvalue weighted by molar-refractivity contribution is -0.865. The summed E-state index contributed by atoms with van der Waals surface area (Å²) in [7, 11) is 0. The van der Waals surface area contributed by atoms with Crippen LogP contribution in [-0.2, 0) is 0 Å². The molecule has 2 aromatic heterocycles. The third kappa shape index (κ3) is 1.59. The van der Waals surface area contributed by atoms with Gasteiger partial charge in [0.1, 0.15) is 9.92 Å². The Morgan fingerprint density at radius 1 is 0.842 bits per heavy atom. The largest absolute Gasteiger partial charge is 0.590 e. The summed E-state index contributed by atoms with van der Waals surface area (Å²) in [4.78, 5) is -0.386. The molecule has 0 N–H and O–H groups in total. The van der Waals surface area contributed by atoms with Gasteiger partial charge in [-0.25, -0.2) is 0 Å². The zero-order chi connectivity index (χ0) is 13.7. The van der Waals surface area contributed by atoms with E-state index in [1.165, 1.54) is 0 Å². The Morgan fingerprint density at radius 3 is 1.68 bits per heavy atom. The Morgan fingerprint density at radius 2 is 1.26 bits per heavy atom. The lowest BCUT2D eigenvalue weighted by Crippen LogP contribution is -2.52. The molecule has 3 rings (SSSR count). The van der Waals surface area contributed by atoms with Crippen molar-refractivity contribution in [3.63, 3.8) is 0 Å². The van der Waals surface area contributed by atoms with Crippen molar-refractivity contribution in [2.45, 2.75) is 0 Å². The van der Waals surface area contributed by atoms with Crippen molar-refractivity contribution in [1.82, 2.24) is 20.6 Å². The van der Waals surface area contributed by atoms with Gasteiger partial charge in [-0.3, -0.25) is 0 Å². The molecule has 0 aliphatic carbocycles. The van der Waals surface area contributed by atoms with Crippen molar-refractivity contribution in [2.75, 3.05) is 0 Å². The van der Waals surface area contributed by atoms with Gasteiger partial charge in [-0.15, -0.1) is 0 Å². The molecule has 0 unspecified atom stereocenters. The standard InChI is InChI=1S/C6HBrN8O4/c7-4-5-2(12(16)10-14(18)8-5)1-3-6(4)9-15(19)11-13(3)17/h1H. The van der Waals surface area contributed by atoms with Crippen LogP contribution in [0.2, 0.25) is 0 Å². The molecule has 0 saturated heterocycles. The molecule has 0 saturated carbocycles. The van der Waals surface area contributed by atoms with E-state index in [1.54, 1.807) is 0 Å². The van der Waals surface area contributed by atoms with Gasteiger partial charge in [0, 0.05) is 9.69 Å². The van der Waals surface area contributed by atoms with Crippen LogP contribution in [0.4, 0.5) is 0 Å². The molecule has 12 nitrogen and oxygen atoms in total. The fraction of sp³-hybridized carbons (Fsp3) is 0. The number of halogens is 1. The summed E-state index contributed by atoms with van der Waals surface area (Å²) in [5, 5.41) is 57.8.